The maximum Gasteiger partial charge on any atom is 0.306 e. The lowest BCUT2D eigenvalue weighted by molar-refractivity contribution is -0.387. The second-order valence-corrected chi connectivity index (χ2v) is 8.54. The summed E-state index contributed by atoms with van der Waals surface area (Å²) in [5, 5.41) is 15.1. The highest BCUT2D eigenvalue weighted by atomic mass is 19.1. The lowest BCUT2D eigenvalue weighted by atomic mass is 9.96. The van der Waals surface area contributed by atoms with Crippen molar-refractivity contribution in [3.8, 4) is 11.3 Å². The van der Waals surface area contributed by atoms with Crippen molar-refractivity contribution in [2.45, 2.75) is 39.3 Å². The minimum Gasteiger partial charge on any atom is -0.373 e. The molecule has 0 saturated carbocycles. The predicted octanol–water partition coefficient (Wildman–Crippen LogP) is 6.07. The Morgan fingerprint density at radius 3 is 2.86 bits per heavy atom. The van der Waals surface area contributed by atoms with Crippen LogP contribution in [0.4, 0.5) is 26.1 Å². The first-order chi connectivity index (χ1) is 16.9. The van der Waals surface area contributed by atoms with Gasteiger partial charge in [-0.1, -0.05) is 13.8 Å². The van der Waals surface area contributed by atoms with Gasteiger partial charge in [-0.3, -0.25) is 10.1 Å². The largest absolute Gasteiger partial charge is 0.373 e. The van der Waals surface area contributed by atoms with Gasteiger partial charge in [0, 0.05) is 35.3 Å². The molecule has 0 fully saturated rings. The Bertz CT molecular complexity index is 1450. The standard InChI is InChI=1S/C25H23F2N5O3/c1-3-14(2)16-11-18(27)22(32(33)34)12-20(16)30-25-28-7-6-19(29-25)24-17-10-15(26)4-5-21(17)31-8-9-35-13-23(24)31/h4-7,10-12,14H,3,8-9,13H2,1-2H3,(H,28,29,30). The minimum absolute atomic E-state index is 0.0569. The summed E-state index contributed by atoms with van der Waals surface area (Å²) >= 11 is 0. The number of fused-ring (bicyclic) bond motifs is 3. The third-order valence-electron chi connectivity index (χ3n) is 6.45. The number of nitro benzene ring substituents is 1. The summed E-state index contributed by atoms with van der Waals surface area (Å²) in [5.74, 6) is -1.11. The summed E-state index contributed by atoms with van der Waals surface area (Å²) in [6, 6.07) is 8.75. The molecule has 0 spiro atoms. The number of halogens is 2. The highest BCUT2D eigenvalue weighted by Crippen LogP contribution is 2.38. The summed E-state index contributed by atoms with van der Waals surface area (Å²) in [4.78, 5) is 19.5. The van der Waals surface area contributed by atoms with E-state index in [1.807, 2.05) is 13.8 Å². The van der Waals surface area contributed by atoms with Gasteiger partial charge in [0.25, 0.3) is 0 Å². The number of benzene rings is 2. The molecule has 0 radical (unpaired) electrons. The predicted molar refractivity (Wildman–Crippen MR) is 128 cm³/mol. The lowest BCUT2D eigenvalue weighted by Crippen LogP contribution is -2.16. The summed E-state index contributed by atoms with van der Waals surface area (Å²) in [7, 11) is 0. The molecular formula is C25H23F2N5O3. The van der Waals surface area contributed by atoms with Crippen LogP contribution in [0.2, 0.25) is 0 Å². The molecule has 0 saturated heterocycles. The normalized spacial score (nSPS) is 14.1. The average molecular weight is 479 g/mol. The maximum atomic E-state index is 14.4. The van der Waals surface area contributed by atoms with Crippen molar-refractivity contribution in [1.29, 1.82) is 0 Å². The van der Waals surface area contributed by atoms with Crippen LogP contribution in [0.25, 0.3) is 22.2 Å². The van der Waals surface area contributed by atoms with Crippen LogP contribution < -0.4 is 5.32 Å². The smallest absolute Gasteiger partial charge is 0.306 e. The molecule has 10 heteroatoms. The lowest BCUT2D eigenvalue weighted by Gasteiger charge is -2.18. The van der Waals surface area contributed by atoms with Crippen molar-refractivity contribution >= 4 is 28.2 Å². The van der Waals surface area contributed by atoms with Crippen molar-refractivity contribution in [3.63, 3.8) is 0 Å². The number of anilines is 2. The zero-order chi connectivity index (χ0) is 24.7. The first-order valence-electron chi connectivity index (χ1n) is 11.3. The van der Waals surface area contributed by atoms with E-state index in [1.54, 1.807) is 18.3 Å². The molecule has 0 aliphatic carbocycles. The number of nitrogens with one attached hydrogen (secondary N) is 1. The molecule has 5 rings (SSSR count). The van der Waals surface area contributed by atoms with E-state index in [2.05, 4.69) is 19.9 Å². The Balaban J connectivity index is 1.62. The first kappa shape index (κ1) is 22.9. The molecule has 0 bridgehead atoms. The summed E-state index contributed by atoms with van der Waals surface area (Å²) < 4.78 is 36.3. The summed E-state index contributed by atoms with van der Waals surface area (Å²) in [6.45, 7) is 5.43. The summed E-state index contributed by atoms with van der Waals surface area (Å²) in [6.07, 6.45) is 2.27. The first-order valence-corrected chi connectivity index (χ1v) is 11.3. The fraction of sp³-hybridized carbons (Fsp3) is 0.280. The number of nitrogens with zero attached hydrogens (tertiary/aromatic N) is 4. The molecule has 35 heavy (non-hydrogen) atoms. The monoisotopic (exact) mass is 479 g/mol. The maximum absolute atomic E-state index is 14.4. The van der Waals surface area contributed by atoms with E-state index in [0.717, 1.165) is 16.8 Å². The van der Waals surface area contributed by atoms with Gasteiger partial charge >= 0.3 is 5.69 Å². The molecule has 8 nitrogen and oxygen atoms in total. The topological polar surface area (TPSA) is 95.1 Å². The number of aromatic nitrogens is 3. The van der Waals surface area contributed by atoms with Crippen LogP contribution in [0, 0.1) is 21.7 Å². The molecule has 1 atom stereocenters. The quantitative estimate of drug-likeness (QED) is 0.266. The van der Waals surface area contributed by atoms with Crippen LogP contribution in [0.3, 0.4) is 0 Å². The highest BCUT2D eigenvalue weighted by molar-refractivity contribution is 5.97. The second-order valence-electron chi connectivity index (χ2n) is 8.54. The summed E-state index contributed by atoms with van der Waals surface area (Å²) in [5.41, 5.74) is 3.40. The van der Waals surface area contributed by atoms with E-state index in [0.29, 0.717) is 48.5 Å². The Morgan fingerprint density at radius 2 is 2.09 bits per heavy atom. The van der Waals surface area contributed by atoms with Gasteiger partial charge in [0.2, 0.25) is 11.8 Å². The van der Waals surface area contributed by atoms with Gasteiger partial charge in [0.1, 0.15) is 5.82 Å². The van der Waals surface area contributed by atoms with Gasteiger partial charge < -0.3 is 14.6 Å². The van der Waals surface area contributed by atoms with Gasteiger partial charge in [-0.25, -0.2) is 14.4 Å². The molecule has 1 N–H and O–H groups in total. The fourth-order valence-corrected chi connectivity index (χ4v) is 4.53. The minimum atomic E-state index is -0.889. The zero-order valence-electron chi connectivity index (χ0n) is 19.2. The van der Waals surface area contributed by atoms with E-state index in [1.165, 1.54) is 24.3 Å². The molecule has 2 aromatic carbocycles. The van der Waals surface area contributed by atoms with Crippen molar-refractivity contribution in [2.24, 2.45) is 0 Å². The molecule has 1 aliphatic heterocycles. The van der Waals surface area contributed by atoms with Gasteiger partial charge in [-0.2, -0.15) is 4.39 Å². The van der Waals surface area contributed by atoms with Gasteiger partial charge in [-0.15, -0.1) is 0 Å². The van der Waals surface area contributed by atoms with Gasteiger partial charge in [0.15, 0.2) is 0 Å². The molecule has 0 amide bonds. The molecule has 4 aromatic rings. The van der Waals surface area contributed by atoms with Crippen LogP contribution in [-0.2, 0) is 17.9 Å². The Morgan fingerprint density at radius 1 is 1.26 bits per heavy atom. The number of hydrogen-bond donors (Lipinski definition) is 1. The van der Waals surface area contributed by atoms with Gasteiger partial charge in [-0.05, 0) is 48.2 Å². The van der Waals surface area contributed by atoms with E-state index < -0.39 is 16.4 Å². The molecule has 1 aliphatic rings. The SMILES string of the molecule is CCC(C)c1cc(F)c([N+](=O)[O-])cc1Nc1nccc(-c2c3n(c4ccc(F)cc24)CCOC3)n1. The third-order valence-corrected chi connectivity index (χ3v) is 6.45. The van der Waals surface area contributed by atoms with Crippen molar-refractivity contribution in [1.82, 2.24) is 14.5 Å². The number of ether oxygens (including phenoxy) is 1. The average Bonchev–Trinajstić information content (AvgIpc) is 3.17. The van der Waals surface area contributed by atoms with Crippen molar-refractivity contribution < 1.29 is 18.4 Å². The van der Waals surface area contributed by atoms with E-state index >= 15 is 0 Å². The highest BCUT2D eigenvalue weighted by Gasteiger charge is 2.24. The van der Waals surface area contributed by atoms with Crippen LogP contribution in [-0.4, -0.2) is 26.1 Å². The Hall–Kier alpha value is -3.92. The van der Waals surface area contributed by atoms with E-state index in [4.69, 9.17) is 4.74 Å². The Labute approximate surface area is 199 Å². The zero-order valence-corrected chi connectivity index (χ0v) is 19.2. The van der Waals surface area contributed by atoms with Crippen LogP contribution >= 0.6 is 0 Å². The second kappa shape index (κ2) is 9.03. The van der Waals surface area contributed by atoms with Gasteiger partial charge in [0.05, 0.1) is 35.2 Å². The van der Waals surface area contributed by atoms with Crippen LogP contribution in [0.5, 0.6) is 0 Å². The number of nitro groups is 1. The van der Waals surface area contributed by atoms with Crippen LogP contribution in [0.15, 0.2) is 42.6 Å². The van der Waals surface area contributed by atoms with E-state index in [9.17, 15) is 18.9 Å². The third kappa shape index (κ3) is 4.10. The number of hydrogen-bond acceptors (Lipinski definition) is 6. The van der Waals surface area contributed by atoms with E-state index in [-0.39, 0.29) is 17.7 Å². The molecular weight excluding hydrogens is 456 g/mol. The van der Waals surface area contributed by atoms with Crippen molar-refractivity contribution in [3.05, 3.63) is 75.6 Å². The number of rotatable bonds is 6. The molecule has 3 heterocycles. The fourth-order valence-electron chi connectivity index (χ4n) is 4.53. The molecule has 2 aromatic heterocycles. The van der Waals surface area contributed by atoms with Crippen LogP contribution in [0.1, 0.15) is 37.4 Å². The molecule has 180 valence electrons. The Kier molecular flexibility index (Phi) is 5.89. The van der Waals surface area contributed by atoms with Crippen molar-refractivity contribution in [2.75, 3.05) is 11.9 Å². The molecule has 1 unspecified atom stereocenters.